The maximum atomic E-state index is 12.8. The molecule has 2 aromatic rings. The number of carbonyl (C=O) groups is 1. The van der Waals surface area contributed by atoms with E-state index in [1.54, 1.807) is 24.3 Å². The number of halogens is 3. The van der Waals surface area contributed by atoms with Crippen molar-refractivity contribution in [2.75, 3.05) is 5.32 Å². The maximum absolute atomic E-state index is 12.8. The molecule has 0 unspecified atom stereocenters. The molecule has 1 saturated carbocycles. The molecule has 0 radical (unpaired) electrons. The Kier molecular flexibility index (Phi) is 4.49. The summed E-state index contributed by atoms with van der Waals surface area (Å²) in [6, 6.07) is 9.58. The number of hydrogen-bond donors (Lipinski definition) is 1. The first-order valence-corrected chi connectivity index (χ1v) is 7.82. The first-order chi connectivity index (χ1) is 11.9. The van der Waals surface area contributed by atoms with Crippen molar-refractivity contribution in [3.8, 4) is 6.07 Å². The second-order valence-corrected chi connectivity index (χ2v) is 5.91. The largest absolute Gasteiger partial charge is 0.435 e. The summed E-state index contributed by atoms with van der Waals surface area (Å²) in [6.45, 7) is 0.0580. The lowest BCUT2D eigenvalue weighted by atomic mass is 10.2. The molecule has 8 heteroatoms. The van der Waals surface area contributed by atoms with Crippen LogP contribution in [0.1, 0.15) is 42.1 Å². The highest BCUT2D eigenvalue weighted by atomic mass is 19.4. The fourth-order valence-corrected chi connectivity index (χ4v) is 2.57. The number of para-hydroxylation sites is 1. The average Bonchev–Trinajstić information content (AvgIpc) is 3.31. The third-order valence-electron chi connectivity index (χ3n) is 3.97. The smallest absolute Gasteiger partial charge is 0.325 e. The third-order valence-corrected chi connectivity index (χ3v) is 3.97. The fraction of sp³-hybridized carbons (Fsp3) is 0.353. The van der Waals surface area contributed by atoms with Crippen LogP contribution in [0.4, 0.5) is 18.9 Å². The van der Waals surface area contributed by atoms with Crippen LogP contribution < -0.4 is 5.32 Å². The van der Waals surface area contributed by atoms with Crippen molar-refractivity contribution in [1.29, 1.82) is 5.26 Å². The zero-order valence-corrected chi connectivity index (χ0v) is 13.2. The first kappa shape index (κ1) is 17.0. The predicted octanol–water partition coefficient (Wildman–Crippen LogP) is 3.68. The van der Waals surface area contributed by atoms with Gasteiger partial charge < -0.3 is 5.32 Å². The van der Waals surface area contributed by atoms with E-state index in [0.29, 0.717) is 16.9 Å². The van der Waals surface area contributed by atoms with Gasteiger partial charge in [0.15, 0.2) is 5.69 Å². The minimum absolute atomic E-state index is 0.0293. The normalized spacial score (nSPS) is 14.2. The van der Waals surface area contributed by atoms with Crippen LogP contribution in [0.15, 0.2) is 30.3 Å². The summed E-state index contributed by atoms with van der Waals surface area (Å²) >= 11 is 0. The topological polar surface area (TPSA) is 70.7 Å². The van der Waals surface area contributed by atoms with Gasteiger partial charge in [-0.3, -0.25) is 9.48 Å². The zero-order chi connectivity index (χ0) is 18.0. The lowest BCUT2D eigenvalue weighted by Gasteiger charge is -2.09. The van der Waals surface area contributed by atoms with Crippen molar-refractivity contribution in [3.63, 3.8) is 0 Å². The Hall–Kier alpha value is -2.82. The number of anilines is 1. The van der Waals surface area contributed by atoms with Gasteiger partial charge in [0.05, 0.1) is 11.3 Å². The number of rotatable bonds is 5. The van der Waals surface area contributed by atoms with Gasteiger partial charge >= 0.3 is 6.18 Å². The molecule has 25 heavy (non-hydrogen) atoms. The van der Waals surface area contributed by atoms with E-state index in [0.717, 1.165) is 18.9 Å². The Bertz CT molecular complexity index is 831. The number of amides is 1. The zero-order valence-electron chi connectivity index (χ0n) is 13.2. The molecule has 1 aliphatic rings. The van der Waals surface area contributed by atoms with Crippen LogP contribution in [-0.4, -0.2) is 15.7 Å². The minimum atomic E-state index is -4.50. The van der Waals surface area contributed by atoms with E-state index < -0.39 is 11.9 Å². The molecule has 3 rings (SSSR count). The summed E-state index contributed by atoms with van der Waals surface area (Å²) < 4.78 is 39.8. The lowest BCUT2D eigenvalue weighted by molar-refractivity contribution is -0.141. The molecule has 1 fully saturated rings. The van der Waals surface area contributed by atoms with Gasteiger partial charge in [0.2, 0.25) is 5.91 Å². The molecular weight excluding hydrogens is 333 g/mol. The molecule has 1 aromatic carbocycles. The van der Waals surface area contributed by atoms with E-state index in [-0.39, 0.29) is 24.8 Å². The predicted molar refractivity (Wildman–Crippen MR) is 83.6 cm³/mol. The number of aromatic nitrogens is 2. The van der Waals surface area contributed by atoms with Gasteiger partial charge in [-0.05, 0) is 31.0 Å². The van der Waals surface area contributed by atoms with Crippen LogP contribution in [-0.2, 0) is 17.5 Å². The van der Waals surface area contributed by atoms with Gasteiger partial charge in [0, 0.05) is 24.6 Å². The average molecular weight is 348 g/mol. The monoisotopic (exact) mass is 348 g/mol. The highest BCUT2D eigenvalue weighted by molar-refractivity contribution is 5.92. The second kappa shape index (κ2) is 6.59. The van der Waals surface area contributed by atoms with Gasteiger partial charge in [-0.2, -0.15) is 23.5 Å². The van der Waals surface area contributed by atoms with E-state index in [2.05, 4.69) is 10.4 Å². The van der Waals surface area contributed by atoms with E-state index in [1.165, 1.54) is 4.68 Å². The van der Waals surface area contributed by atoms with Crippen molar-refractivity contribution in [1.82, 2.24) is 9.78 Å². The molecule has 1 aromatic heterocycles. The van der Waals surface area contributed by atoms with E-state index >= 15 is 0 Å². The summed E-state index contributed by atoms with van der Waals surface area (Å²) in [7, 11) is 0. The van der Waals surface area contributed by atoms with Crippen LogP contribution >= 0.6 is 0 Å². The molecule has 0 bridgehead atoms. The second-order valence-electron chi connectivity index (χ2n) is 5.91. The summed E-state index contributed by atoms with van der Waals surface area (Å²) in [4.78, 5) is 12.1. The van der Waals surface area contributed by atoms with Crippen molar-refractivity contribution in [2.45, 2.75) is 37.9 Å². The maximum Gasteiger partial charge on any atom is 0.435 e. The number of nitrogens with zero attached hydrogens (tertiary/aromatic N) is 3. The van der Waals surface area contributed by atoms with Gasteiger partial charge in [-0.15, -0.1) is 0 Å². The quantitative estimate of drug-likeness (QED) is 0.896. The number of nitrogens with one attached hydrogen (secondary N) is 1. The minimum Gasteiger partial charge on any atom is -0.325 e. The number of carbonyl (C=O) groups excluding carboxylic acids is 1. The highest BCUT2D eigenvalue weighted by Gasteiger charge is 2.37. The summed E-state index contributed by atoms with van der Waals surface area (Å²) in [5.41, 5.74) is 0.309. The molecule has 0 aliphatic heterocycles. The lowest BCUT2D eigenvalue weighted by Crippen LogP contribution is -2.17. The van der Waals surface area contributed by atoms with Crippen molar-refractivity contribution >= 4 is 11.6 Å². The van der Waals surface area contributed by atoms with Crippen molar-refractivity contribution in [2.24, 2.45) is 0 Å². The van der Waals surface area contributed by atoms with Crippen LogP contribution in [0.2, 0.25) is 0 Å². The van der Waals surface area contributed by atoms with Gasteiger partial charge in [-0.1, -0.05) is 12.1 Å². The SMILES string of the molecule is N#Cc1ccccc1NC(=O)CCn1nc(C(F)(F)F)cc1C1CC1. The number of alkyl halides is 3. The Balaban J connectivity index is 1.68. The van der Waals surface area contributed by atoms with Gasteiger partial charge in [0.1, 0.15) is 6.07 Å². The summed E-state index contributed by atoms with van der Waals surface area (Å²) in [5, 5.41) is 15.2. The first-order valence-electron chi connectivity index (χ1n) is 7.82. The fourth-order valence-electron chi connectivity index (χ4n) is 2.57. The summed E-state index contributed by atoms with van der Waals surface area (Å²) in [5.74, 6) is -0.292. The molecule has 130 valence electrons. The molecule has 0 saturated heterocycles. The van der Waals surface area contributed by atoms with Crippen LogP contribution in [0, 0.1) is 11.3 Å². The molecular formula is C17H15F3N4O. The van der Waals surface area contributed by atoms with Crippen molar-refractivity contribution < 1.29 is 18.0 Å². The van der Waals surface area contributed by atoms with Crippen LogP contribution in [0.3, 0.4) is 0 Å². The third kappa shape index (κ3) is 3.99. The number of aryl methyl sites for hydroxylation is 1. The number of nitriles is 1. The molecule has 1 aliphatic carbocycles. The van der Waals surface area contributed by atoms with Gasteiger partial charge in [-0.25, -0.2) is 0 Å². The molecule has 5 nitrogen and oxygen atoms in total. The van der Waals surface area contributed by atoms with E-state index in [9.17, 15) is 18.0 Å². The molecule has 1 amide bonds. The number of hydrogen-bond acceptors (Lipinski definition) is 3. The molecule has 0 atom stereocenters. The molecule has 1 heterocycles. The van der Waals surface area contributed by atoms with Crippen molar-refractivity contribution in [3.05, 3.63) is 47.3 Å². The Labute approximate surface area is 142 Å². The standard InChI is InChI=1S/C17H15F3N4O/c18-17(19,20)15-9-14(11-5-6-11)24(23-15)8-7-16(25)22-13-4-2-1-3-12(13)10-21/h1-4,9,11H,5-8H2,(H,22,25). The molecule has 1 N–H and O–H groups in total. The Morgan fingerprint density at radius 3 is 2.72 bits per heavy atom. The summed E-state index contributed by atoms with van der Waals surface area (Å²) in [6.07, 6.45) is -2.85. The Morgan fingerprint density at radius 2 is 2.08 bits per heavy atom. The van der Waals surface area contributed by atoms with Crippen LogP contribution in [0.25, 0.3) is 0 Å². The van der Waals surface area contributed by atoms with E-state index in [1.807, 2.05) is 6.07 Å². The van der Waals surface area contributed by atoms with Crippen LogP contribution in [0.5, 0.6) is 0 Å². The number of benzene rings is 1. The molecule has 0 spiro atoms. The Morgan fingerprint density at radius 1 is 1.36 bits per heavy atom. The van der Waals surface area contributed by atoms with E-state index in [4.69, 9.17) is 5.26 Å². The highest BCUT2D eigenvalue weighted by Crippen LogP contribution is 2.42. The van der Waals surface area contributed by atoms with Gasteiger partial charge in [0.25, 0.3) is 0 Å².